The molecule has 68 valence electrons. The average molecular weight is 175 g/mol. The first-order chi connectivity index (χ1) is 5.62. The molecule has 0 saturated heterocycles. The molecular weight excluding hydrogens is 164 g/mol. The van der Waals surface area contributed by atoms with E-state index in [4.69, 9.17) is 4.84 Å². The molecule has 0 bridgehead atoms. The quantitative estimate of drug-likeness (QED) is 0.553. The van der Waals surface area contributed by atoms with Crippen molar-refractivity contribution in [2.24, 2.45) is 5.16 Å². The molecule has 1 aliphatic heterocycles. The summed E-state index contributed by atoms with van der Waals surface area (Å²) in [7, 11) is 0. The average Bonchev–Trinajstić information content (AvgIpc) is 2.46. The zero-order chi connectivity index (χ0) is 8.66. The SMILES string of the molecule is FC1(F)CCC2(CC=NO2)CC1. The number of rotatable bonds is 0. The summed E-state index contributed by atoms with van der Waals surface area (Å²) < 4.78 is 25.5. The lowest BCUT2D eigenvalue weighted by atomic mass is 9.81. The molecule has 2 nitrogen and oxygen atoms in total. The zero-order valence-corrected chi connectivity index (χ0v) is 6.72. The molecule has 0 aromatic carbocycles. The minimum Gasteiger partial charge on any atom is -0.389 e. The number of oxime groups is 1. The first-order valence-electron chi connectivity index (χ1n) is 4.20. The Balaban J connectivity index is 1.98. The van der Waals surface area contributed by atoms with E-state index in [1.165, 1.54) is 0 Å². The van der Waals surface area contributed by atoms with Gasteiger partial charge in [-0.15, -0.1) is 0 Å². The van der Waals surface area contributed by atoms with E-state index in [-0.39, 0.29) is 18.4 Å². The standard InChI is InChI=1S/C8H11F2NO/c9-8(10)3-1-7(2-4-8)5-6-11-12-7/h6H,1-5H2. The van der Waals surface area contributed by atoms with Crippen molar-refractivity contribution in [2.75, 3.05) is 0 Å². The van der Waals surface area contributed by atoms with E-state index in [2.05, 4.69) is 5.16 Å². The molecule has 4 heteroatoms. The number of hydrogen-bond donors (Lipinski definition) is 0. The summed E-state index contributed by atoms with van der Waals surface area (Å²) >= 11 is 0. The van der Waals surface area contributed by atoms with Crippen LogP contribution in [0.4, 0.5) is 8.78 Å². The van der Waals surface area contributed by atoms with Crippen molar-refractivity contribution in [2.45, 2.75) is 43.6 Å². The topological polar surface area (TPSA) is 21.6 Å². The van der Waals surface area contributed by atoms with Gasteiger partial charge in [0.05, 0.1) is 0 Å². The number of halogens is 2. The summed E-state index contributed by atoms with van der Waals surface area (Å²) in [5.41, 5.74) is -0.373. The third-order valence-corrected chi connectivity index (χ3v) is 2.68. The summed E-state index contributed by atoms with van der Waals surface area (Å²) in [6, 6.07) is 0. The molecular formula is C8H11F2NO. The van der Waals surface area contributed by atoms with Crippen molar-refractivity contribution in [1.29, 1.82) is 0 Å². The van der Waals surface area contributed by atoms with Crippen molar-refractivity contribution >= 4 is 6.21 Å². The lowest BCUT2D eigenvalue weighted by Gasteiger charge is -2.34. The third kappa shape index (κ3) is 1.30. The molecule has 0 aromatic rings. The number of hydrogen-bond acceptors (Lipinski definition) is 2. The first-order valence-corrected chi connectivity index (χ1v) is 4.20. The van der Waals surface area contributed by atoms with E-state index in [0.29, 0.717) is 19.3 Å². The second-order valence-electron chi connectivity index (χ2n) is 3.62. The van der Waals surface area contributed by atoms with E-state index in [9.17, 15) is 8.78 Å². The van der Waals surface area contributed by atoms with Gasteiger partial charge in [0.2, 0.25) is 5.92 Å². The van der Waals surface area contributed by atoms with Crippen LogP contribution in [-0.4, -0.2) is 17.7 Å². The highest BCUT2D eigenvalue weighted by Crippen LogP contribution is 2.43. The third-order valence-electron chi connectivity index (χ3n) is 2.68. The predicted octanol–water partition coefficient (Wildman–Crippen LogP) is 2.34. The smallest absolute Gasteiger partial charge is 0.248 e. The molecule has 2 rings (SSSR count). The van der Waals surface area contributed by atoms with Crippen LogP contribution < -0.4 is 0 Å². The molecule has 2 aliphatic rings. The Morgan fingerprint density at radius 1 is 1.17 bits per heavy atom. The Morgan fingerprint density at radius 3 is 2.33 bits per heavy atom. The van der Waals surface area contributed by atoms with Gasteiger partial charge in [-0.3, -0.25) is 0 Å². The van der Waals surface area contributed by atoms with Crippen molar-refractivity contribution in [3.8, 4) is 0 Å². The van der Waals surface area contributed by atoms with Crippen molar-refractivity contribution in [1.82, 2.24) is 0 Å². The van der Waals surface area contributed by atoms with E-state index >= 15 is 0 Å². The van der Waals surface area contributed by atoms with E-state index < -0.39 is 5.92 Å². The van der Waals surface area contributed by atoms with Crippen LogP contribution in [0, 0.1) is 0 Å². The molecule has 0 amide bonds. The van der Waals surface area contributed by atoms with Gasteiger partial charge in [-0.1, -0.05) is 5.16 Å². The zero-order valence-electron chi connectivity index (χ0n) is 6.72. The van der Waals surface area contributed by atoms with Crippen LogP contribution in [-0.2, 0) is 4.84 Å². The van der Waals surface area contributed by atoms with Gasteiger partial charge in [0, 0.05) is 25.5 Å². The fourth-order valence-electron chi connectivity index (χ4n) is 1.76. The summed E-state index contributed by atoms with van der Waals surface area (Å²) in [4.78, 5) is 5.11. The normalized spacial score (nSPS) is 30.5. The van der Waals surface area contributed by atoms with Gasteiger partial charge in [-0.05, 0) is 12.8 Å². The van der Waals surface area contributed by atoms with Gasteiger partial charge in [-0.2, -0.15) is 0 Å². The van der Waals surface area contributed by atoms with Gasteiger partial charge in [0.25, 0.3) is 0 Å². The molecule has 1 spiro atoms. The maximum absolute atomic E-state index is 12.7. The van der Waals surface area contributed by atoms with Crippen LogP contribution in [0.5, 0.6) is 0 Å². The summed E-state index contributed by atoms with van der Waals surface area (Å²) in [5.74, 6) is -2.47. The number of alkyl halides is 2. The first kappa shape index (κ1) is 7.95. The van der Waals surface area contributed by atoms with Crippen LogP contribution in [0.25, 0.3) is 0 Å². The summed E-state index contributed by atoms with van der Waals surface area (Å²) in [5, 5.41) is 3.64. The van der Waals surface area contributed by atoms with Crippen LogP contribution in [0.15, 0.2) is 5.16 Å². The van der Waals surface area contributed by atoms with Crippen molar-refractivity contribution < 1.29 is 13.6 Å². The summed E-state index contributed by atoms with van der Waals surface area (Å²) in [6.45, 7) is 0. The Bertz CT molecular complexity index is 195. The van der Waals surface area contributed by atoms with Gasteiger partial charge < -0.3 is 4.84 Å². The Labute approximate surface area is 69.6 Å². The largest absolute Gasteiger partial charge is 0.389 e. The predicted molar refractivity (Wildman–Crippen MR) is 40.3 cm³/mol. The molecule has 12 heavy (non-hydrogen) atoms. The summed E-state index contributed by atoms with van der Waals surface area (Å²) in [6.07, 6.45) is 3.11. The van der Waals surface area contributed by atoms with Gasteiger partial charge >= 0.3 is 0 Å². The van der Waals surface area contributed by atoms with Gasteiger partial charge in [-0.25, -0.2) is 8.78 Å². The molecule has 0 N–H and O–H groups in total. The molecule has 0 atom stereocenters. The number of nitrogens with zero attached hydrogens (tertiary/aromatic N) is 1. The maximum atomic E-state index is 12.7. The van der Waals surface area contributed by atoms with Crippen LogP contribution in [0.1, 0.15) is 32.1 Å². The highest BCUT2D eigenvalue weighted by molar-refractivity contribution is 5.59. The molecule has 0 aromatic heterocycles. The molecule has 1 heterocycles. The van der Waals surface area contributed by atoms with Crippen LogP contribution in [0.3, 0.4) is 0 Å². The van der Waals surface area contributed by atoms with E-state index in [1.807, 2.05) is 0 Å². The molecule has 0 unspecified atom stereocenters. The van der Waals surface area contributed by atoms with Gasteiger partial charge in [0.15, 0.2) is 0 Å². The second-order valence-corrected chi connectivity index (χ2v) is 3.62. The van der Waals surface area contributed by atoms with Crippen molar-refractivity contribution in [3.05, 3.63) is 0 Å². The Kier molecular flexibility index (Phi) is 1.59. The minimum absolute atomic E-state index is 0.0592. The van der Waals surface area contributed by atoms with Crippen molar-refractivity contribution in [3.63, 3.8) is 0 Å². The highest BCUT2D eigenvalue weighted by atomic mass is 19.3. The highest BCUT2D eigenvalue weighted by Gasteiger charge is 2.46. The molecule has 1 aliphatic carbocycles. The fraction of sp³-hybridized carbons (Fsp3) is 0.875. The maximum Gasteiger partial charge on any atom is 0.248 e. The van der Waals surface area contributed by atoms with Crippen LogP contribution >= 0.6 is 0 Å². The second kappa shape index (κ2) is 2.41. The minimum atomic E-state index is -2.47. The molecule has 0 radical (unpaired) electrons. The van der Waals surface area contributed by atoms with E-state index in [1.54, 1.807) is 6.21 Å². The molecule has 1 saturated carbocycles. The molecule has 1 fully saturated rings. The van der Waals surface area contributed by atoms with Gasteiger partial charge in [0.1, 0.15) is 5.60 Å². The monoisotopic (exact) mass is 175 g/mol. The Hall–Kier alpha value is -0.670. The van der Waals surface area contributed by atoms with Crippen LogP contribution in [0.2, 0.25) is 0 Å². The Morgan fingerprint density at radius 2 is 1.83 bits per heavy atom. The van der Waals surface area contributed by atoms with E-state index in [0.717, 1.165) is 0 Å². The lowest BCUT2D eigenvalue weighted by molar-refractivity contribution is -0.119. The fourth-order valence-corrected chi connectivity index (χ4v) is 1.76. The lowest BCUT2D eigenvalue weighted by Crippen LogP contribution is -2.38.